The summed E-state index contributed by atoms with van der Waals surface area (Å²) in [5, 5.41) is 14.6. The van der Waals surface area contributed by atoms with Gasteiger partial charge >= 0.3 is 0 Å². The zero-order valence-electron chi connectivity index (χ0n) is 16.8. The highest BCUT2D eigenvalue weighted by molar-refractivity contribution is 7.99. The van der Waals surface area contributed by atoms with Crippen LogP contribution in [0.5, 0.6) is 0 Å². The lowest BCUT2D eigenvalue weighted by Crippen LogP contribution is -2.24. The standard InChI is InChI=1S/C21H23N5O3S/c1-4-9-26-18(12-22-20(28)17-6-5-10-29-17)24-25-21(26)30-13-19(27)23-16-11-14(2)7-8-15(16)3/h4-8,10-11H,1,9,12-13H2,2-3H3,(H,22,28)(H,23,27). The molecule has 3 rings (SSSR count). The third-order valence-corrected chi connectivity index (χ3v) is 5.22. The fraction of sp³-hybridized carbons (Fsp3) is 0.238. The Morgan fingerprint density at radius 1 is 1.27 bits per heavy atom. The van der Waals surface area contributed by atoms with Gasteiger partial charge in [0.2, 0.25) is 5.91 Å². The van der Waals surface area contributed by atoms with E-state index in [1.165, 1.54) is 18.0 Å². The lowest BCUT2D eigenvalue weighted by atomic mass is 10.1. The first kappa shape index (κ1) is 21.4. The number of rotatable bonds is 9. The Kier molecular flexibility index (Phi) is 7.08. The fourth-order valence-electron chi connectivity index (χ4n) is 2.71. The Morgan fingerprint density at radius 3 is 2.83 bits per heavy atom. The largest absolute Gasteiger partial charge is 0.459 e. The maximum atomic E-state index is 12.4. The average Bonchev–Trinajstić information content (AvgIpc) is 3.38. The van der Waals surface area contributed by atoms with Crippen LogP contribution < -0.4 is 10.6 Å². The number of nitrogens with zero attached hydrogens (tertiary/aromatic N) is 3. The predicted octanol–water partition coefficient (Wildman–Crippen LogP) is 3.33. The molecule has 0 aliphatic heterocycles. The number of nitrogens with one attached hydrogen (secondary N) is 2. The Bertz CT molecular complexity index is 1040. The molecular weight excluding hydrogens is 402 g/mol. The van der Waals surface area contributed by atoms with Gasteiger partial charge in [-0.15, -0.1) is 16.8 Å². The smallest absolute Gasteiger partial charge is 0.287 e. The summed E-state index contributed by atoms with van der Waals surface area (Å²) in [5.41, 5.74) is 2.88. The van der Waals surface area contributed by atoms with Gasteiger partial charge in [-0.05, 0) is 43.2 Å². The van der Waals surface area contributed by atoms with E-state index in [0.717, 1.165) is 16.8 Å². The average molecular weight is 426 g/mol. The molecule has 2 N–H and O–H groups in total. The number of aromatic nitrogens is 3. The summed E-state index contributed by atoms with van der Waals surface area (Å²) < 4.78 is 6.89. The zero-order chi connectivity index (χ0) is 21.5. The molecule has 30 heavy (non-hydrogen) atoms. The third-order valence-electron chi connectivity index (χ3n) is 4.26. The lowest BCUT2D eigenvalue weighted by molar-refractivity contribution is -0.113. The number of hydrogen-bond acceptors (Lipinski definition) is 6. The summed E-state index contributed by atoms with van der Waals surface area (Å²) in [6.45, 7) is 8.32. The van der Waals surface area contributed by atoms with E-state index in [9.17, 15) is 9.59 Å². The van der Waals surface area contributed by atoms with Gasteiger partial charge in [-0.3, -0.25) is 9.59 Å². The van der Waals surface area contributed by atoms with Crippen molar-refractivity contribution in [3.8, 4) is 0 Å². The van der Waals surface area contributed by atoms with Crippen LogP contribution in [0.4, 0.5) is 5.69 Å². The minimum absolute atomic E-state index is 0.130. The minimum atomic E-state index is -0.338. The normalized spacial score (nSPS) is 10.6. The molecule has 0 aliphatic rings. The van der Waals surface area contributed by atoms with E-state index in [1.807, 2.05) is 36.6 Å². The van der Waals surface area contributed by atoms with Gasteiger partial charge in [0.15, 0.2) is 16.7 Å². The molecule has 3 aromatic rings. The molecular formula is C21H23N5O3S. The van der Waals surface area contributed by atoms with E-state index in [1.54, 1.807) is 18.2 Å². The number of aryl methyl sites for hydroxylation is 2. The third kappa shape index (κ3) is 5.38. The molecule has 0 bridgehead atoms. The highest BCUT2D eigenvalue weighted by Crippen LogP contribution is 2.20. The van der Waals surface area contributed by atoms with Crippen molar-refractivity contribution in [2.75, 3.05) is 11.1 Å². The number of furan rings is 1. The first-order valence-corrected chi connectivity index (χ1v) is 10.3. The van der Waals surface area contributed by atoms with E-state index in [2.05, 4.69) is 27.4 Å². The van der Waals surface area contributed by atoms with Gasteiger partial charge in [-0.2, -0.15) is 0 Å². The molecule has 0 spiro atoms. The number of anilines is 1. The van der Waals surface area contributed by atoms with E-state index in [-0.39, 0.29) is 29.9 Å². The van der Waals surface area contributed by atoms with Crippen LogP contribution >= 0.6 is 11.8 Å². The van der Waals surface area contributed by atoms with Gasteiger partial charge in [0.25, 0.3) is 5.91 Å². The van der Waals surface area contributed by atoms with E-state index in [0.29, 0.717) is 17.5 Å². The van der Waals surface area contributed by atoms with E-state index < -0.39 is 0 Å². The first-order chi connectivity index (χ1) is 14.5. The summed E-state index contributed by atoms with van der Waals surface area (Å²) in [4.78, 5) is 24.4. The molecule has 0 saturated heterocycles. The number of allylic oxidation sites excluding steroid dienone is 1. The van der Waals surface area contributed by atoms with Crippen LogP contribution in [0.15, 0.2) is 58.8 Å². The maximum Gasteiger partial charge on any atom is 0.287 e. The van der Waals surface area contributed by atoms with Gasteiger partial charge in [0.1, 0.15) is 0 Å². The Morgan fingerprint density at radius 2 is 2.10 bits per heavy atom. The van der Waals surface area contributed by atoms with Crippen LogP contribution in [-0.2, 0) is 17.9 Å². The van der Waals surface area contributed by atoms with Crippen LogP contribution in [0.1, 0.15) is 27.5 Å². The molecule has 0 radical (unpaired) electrons. The molecule has 9 heteroatoms. The highest BCUT2D eigenvalue weighted by Gasteiger charge is 2.16. The van der Waals surface area contributed by atoms with Gasteiger partial charge < -0.3 is 19.6 Å². The first-order valence-electron chi connectivity index (χ1n) is 9.32. The number of benzene rings is 1. The monoisotopic (exact) mass is 425 g/mol. The molecule has 2 amide bonds. The molecule has 2 aromatic heterocycles. The summed E-state index contributed by atoms with van der Waals surface area (Å²) >= 11 is 1.28. The van der Waals surface area contributed by atoms with Crippen molar-refractivity contribution in [3.63, 3.8) is 0 Å². The highest BCUT2D eigenvalue weighted by atomic mass is 32.2. The van der Waals surface area contributed by atoms with Gasteiger partial charge in [-0.25, -0.2) is 0 Å². The Labute approximate surface area is 178 Å². The van der Waals surface area contributed by atoms with E-state index in [4.69, 9.17) is 4.42 Å². The van der Waals surface area contributed by atoms with Crippen molar-refractivity contribution in [2.24, 2.45) is 0 Å². The van der Waals surface area contributed by atoms with Crippen LogP contribution in [0.2, 0.25) is 0 Å². The molecule has 1 aromatic carbocycles. The molecule has 0 atom stereocenters. The van der Waals surface area contributed by atoms with Crippen LogP contribution in [0, 0.1) is 13.8 Å². The van der Waals surface area contributed by atoms with E-state index >= 15 is 0 Å². The number of carbonyl (C=O) groups excluding carboxylic acids is 2. The fourth-order valence-corrected chi connectivity index (χ4v) is 3.48. The number of carbonyl (C=O) groups is 2. The SMILES string of the molecule is C=CCn1c(CNC(=O)c2ccco2)nnc1SCC(=O)Nc1cc(C)ccc1C. The van der Waals surface area contributed by atoms with Crippen LogP contribution in [0.25, 0.3) is 0 Å². The van der Waals surface area contributed by atoms with Crippen LogP contribution in [0.3, 0.4) is 0 Å². The Balaban J connectivity index is 1.61. The Hall–Kier alpha value is -3.33. The number of hydrogen-bond donors (Lipinski definition) is 2. The second-order valence-electron chi connectivity index (χ2n) is 6.61. The second kappa shape index (κ2) is 9.93. The van der Waals surface area contributed by atoms with Crippen LogP contribution in [-0.4, -0.2) is 32.3 Å². The number of thioether (sulfide) groups is 1. The minimum Gasteiger partial charge on any atom is -0.459 e. The summed E-state index contributed by atoms with van der Waals surface area (Å²) in [6, 6.07) is 9.15. The molecule has 0 saturated carbocycles. The topological polar surface area (TPSA) is 102 Å². The molecule has 0 fully saturated rings. The van der Waals surface area contributed by atoms with Crippen molar-refractivity contribution >= 4 is 29.3 Å². The number of amides is 2. The molecule has 8 nitrogen and oxygen atoms in total. The second-order valence-corrected chi connectivity index (χ2v) is 7.56. The predicted molar refractivity (Wildman–Crippen MR) is 115 cm³/mol. The van der Waals surface area contributed by atoms with Gasteiger partial charge in [-0.1, -0.05) is 30.0 Å². The quantitative estimate of drug-likeness (QED) is 0.403. The van der Waals surface area contributed by atoms with Crippen molar-refractivity contribution in [2.45, 2.75) is 32.1 Å². The van der Waals surface area contributed by atoms with Crippen molar-refractivity contribution in [1.29, 1.82) is 0 Å². The lowest BCUT2D eigenvalue weighted by Gasteiger charge is -2.10. The molecule has 156 valence electrons. The zero-order valence-corrected chi connectivity index (χ0v) is 17.7. The summed E-state index contributed by atoms with van der Waals surface area (Å²) in [5.74, 6) is 0.501. The van der Waals surface area contributed by atoms with Crippen molar-refractivity contribution < 1.29 is 14.0 Å². The maximum absolute atomic E-state index is 12.4. The van der Waals surface area contributed by atoms with Gasteiger partial charge in [0, 0.05) is 12.2 Å². The molecule has 0 unspecified atom stereocenters. The van der Waals surface area contributed by atoms with Crippen molar-refractivity contribution in [3.05, 3.63) is 72.0 Å². The van der Waals surface area contributed by atoms with Gasteiger partial charge in [0.05, 0.1) is 18.6 Å². The molecule has 0 aliphatic carbocycles. The van der Waals surface area contributed by atoms with Crippen molar-refractivity contribution in [1.82, 2.24) is 20.1 Å². The summed E-state index contributed by atoms with van der Waals surface area (Å²) in [6.07, 6.45) is 3.15. The molecule has 2 heterocycles. The summed E-state index contributed by atoms with van der Waals surface area (Å²) in [7, 11) is 0.